The van der Waals surface area contributed by atoms with Gasteiger partial charge >= 0.3 is 0 Å². The molecule has 1 aliphatic rings. The minimum absolute atomic E-state index is 0.175. The predicted octanol–water partition coefficient (Wildman–Crippen LogP) is 4.97. The Morgan fingerprint density at radius 2 is 2.04 bits per heavy atom. The number of benzene rings is 1. The van der Waals surface area contributed by atoms with Crippen molar-refractivity contribution in [2.24, 2.45) is 0 Å². The van der Waals surface area contributed by atoms with Gasteiger partial charge in [-0.15, -0.1) is 11.3 Å². The number of thiocarbonyl (C=S) groups is 1. The highest BCUT2D eigenvalue weighted by atomic mass is 32.1. The third-order valence-electron chi connectivity index (χ3n) is 4.74. The Hall–Kier alpha value is -2.11. The number of thiophene rings is 1. The molecule has 0 spiro atoms. The van der Waals surface area contributed by atoms with E-state index in [-0.39, 0.29) is 6.04 Å². The van der Waals surface area contributed by atoms with Crippen molar-refractivity contribution < 1.29 is 0 Å². The van der Waals surface area contributed by atoms with Crippen LogP contribution in [0.2, 0.25) is 0 Å². The van der Waals surface area contributed by atoms with Crippen molar-refractivity contribution in [1.82, 2.24) is 9.47 Å². The lowest BCUT2D eigenvalue weighted by Crippen LogP contribution is -2.44. The first kappa shape index (κ1) is 16.4. The number of fused-ring (bicyclic) bond motifs is 1. The second kappa shape index (κ2) is 6.65. The van der Waals surface area contributed by atoms with E-state index < -0.39 is 0 Å². The Morgan fingerprint density at radius 3 is 2.80 bits per heavy atom. The van der Waals surface area contributed by atoms with Gasteiger partial charge < -0.3 is 14.8 Å². The first-order valence-corrected chi connectivity index (χ1v) is 9.75. The molecule has 3 aromatic rings. The Labute approximate surface area is 157 Å². The van der Waals surface area contributed by atoms with Crippen LogP contribution < -0.4 is 5.32 Å². The van der Waals surface area contributed by atoms with E-state index in [9.17, 15) is 0 Å². The van der Waals surface area contributed by atoms with E-state index in [4.69, 9.17) is 12.2 Å². The van der Waals surface area contributed by atoms with Crippen LogP contribution in [0.4, 0.5) is 5.69 Å². The molecule has 1 aliphatic heterocycles. The maximum atomic E-state index is 5.81. The summed E-state index contributed by atoms with van der Waals surface area (Å²) >= 11 is 7.60. The summed E-state index contributed by atoms with van der Waals surface area (Å²) in [6, 6.07) is 15.2. The molecule has 4 rings (SSSR count). The topological polar surface area (TPSA) is 20.2 Å². The van der Waals surface area contributed by atoms with Gasteiger partial charge in [0.1, 0.15) is 6.04 Å². The van der Waals surface area contributed by atoms with Crippen molar-refractivity contribution in [2.45, 2.75) is 26.4 Å². The molecule has 1 N–H and O–H groups in total. The molecule has 0 aliphatic carbocycles. The maximum absolute atomic E-state index is 5.81. The molecule has 0 amide bonds. The zero-order valence-corrected chi connectivity index (χ0v) is 16.0. The second-order valence-electron chi connectivity index (χ2n) is 6.49. The van der Waals surface area contributed by atoms with Crippen LogP contribution in [0.3, 0.4) is 0 Å². The molecule has 5 heteroatoms. The third kappa shape index (κ3) is 3.10. The van der Waals surface area contributed by atoms with Gasteiger partial charge in [0.15, 0.2) is 5.11 Å². The van der Waals surface area contributed by atoms with Gasteiger partial charge in [0, 0.05) is 35.5 Å². The highest BCUT2D eigenvalue weighted by Crippen LogP contribution is 2.35. The highest BCUT2D eigenvalue weighted by molar-refractivity contribution is 7.80. The molecule has 25 heavy (non-hydrogen) atoms. The molecule has 0 saturated heterocycles. The van der Waals surface area contributed by atoms with Gasteiger partial charge in [0.25, 0.3) is 0 Å². The van der Waals surface area contributed by atoms with Crippen LogP contribution in [-0.2, 0) is 6.54 Å². The van der Waals surface area contributed by atoms with Crippen LogP contribution >= 0.6 is 23.6 Å². The molecular formula is C20H21N3S2. The SMILES string of the molecule is Cc1ccc(NC(=S)N2CCn3cccc3[C@@H]2c2cccs2)c(C)c1. The summed E-state index contributed by atoms with van der Waals surface area (Å²) in [5, 5.41) is 6.40. The number of aryl methyl sites for hydroxylation is 2. The summed E-state index contributed by atoms with van der Waals surface area (Å²) in [5.74, 6) is 0. The lowest BCUT2D eigenvalue weighted by Gasteiger charge is -2.38. The summed E-state index contributed by atoms with van der Waals surface area (Å²) < 4.78 is 2.33. The molecule has 0 unspecified atom stereocenters. The number of aromatic nitrogens is 1. The van der Waals surface area contributed by atoms with E-state index in [0.717, 1.165) is 23.9 Å². The number of hydrogen-bond acceptors (Lipinski definition) is 2. The van der Waals surface area contributed by atoms with Crippen LogP contribution in [0.5, 0.6) is 0 Å². The number of hydrogen-bond donors (Lipinski definition) is 1. The average Bonchev–Trinajstić information content (AvgIpc) is 3.27. The van der Waals surface area contributed by atoms with Crippen molar-refractivity contribution in [1.29, 1.82) is 0 Å². The maximum Gasteiger partial charge on any atom is 0.174 e. The normalized spacial score (nSPS) is 16.6. The zero-order chi connectivity index (χ0) is 17.4. The van der Waals surface area contributed by atoms with Gasteiger partial charge in [-0.05, 0) is 61.3 Å². The molecule has 0 radical (unpaired) electrons. The molecule has 3 heterocycles. The predicted molar refractivity (Wildman–Crippen MR) is 109 cm³/mol. The van der Waals surface area contributed by atoms with E-state index in [1.54, 1.807) is 11.3 Å². The van der Waals surface area contributed by atoms with Crippen molar-refractivity contribution in [3.63, 3.8) is 0 Å². The van der Waals surface area contributed by atoms with Gasteiger partial charge in [-0.25, -0.2) is 0 Å². The molecule has 0 fully saturated rings. The monoisotopic (exact) mass is 367 g/mol. The average molecular weight is 368 g/mol. The molecule has 1 aromatic carbocycles. The van der Waals surface area contributed by atoms with Gasteiger partial charge in [-0.3, -0.25) is 0 Å². The summed E-state index contributed by atoms with van der Waals surface area (Å²) in [7, 11) is 0. The quantitative estimate of drug-likeness (QED) is 0.646. The number of nitrogens with one attached hydrogen (secondary N) is 1. The van der Waals surface area contributed by atoms with Crippen molar-refractivity contribution in [3.8, 4) is 0 Å². The zero-order valence-electron chi connectivity index (χ0n) is 14.4. The Kier molecular flexibility index (Phi) is 4.36. The van der Waals surface area contributed by atoms with E-state index in [1.807, 2.05) is 0 Å². The van der Waals surface area contributed by atoms with Crippen LogP contribution in [0, 0.1) is 13.8 Å². The van der Waals surface area contributed by atoms with Crippen molar-refractivity contribution >= 4 is 34.4 Å². The van der Waals surface area contributed by atoms with Crippen LogP contribution in [0.1, 0.15) is 27.7 Å². The Balaban J connectivity index is 1.65. The highest BCUT2D eigenvalue weighted by Gasteiger charge is 2.31. The summed E-state index contributed by atoms with van der Waals surface area (Å²) in [6.07, 6.45) is 2.16. The molecular weight excluding hydrogens is 346 g/mol. The molecule has 3 nitrogen and oxygen atoms in total. The molecule has 0 saturated carbocycles. The third-order valence-corrected chi connectivity index (χ3v) is 6.00. The fraction of sp³-hybridized carbons (Fsp3) is 0.250. The lowest BCUT2D eigenvalue weighted by atomic mass is 10.1. The van der Waals surface area contributed by atoms with E-state index >= 15 is 0 Å². The van der Waals surface area contributed by atoms with Crippen molar-refractivity contribution in [3.05, 3.63) is 75.7 Å². The Morgan fingerprint density at radius 1 is 1.16 bits per heavy atom. The van der Waals surface area contributed by atoms with E-state index in [2.05, 4.69) is 82.7 Å². The number of anilines is 1. The van der Waals surface area contributed by atoms with Gasteiger partial charge in [-0.2, -0.15) is 0 Å². The van der Waals surface area contributed by atoms with Crippen LogP contribution in [0.15, 0.2) is 54.0 Å². The molecule has 2 aromatic heterocycles. The lowest BCUT2D eigenvalue weighted by molar-refractivity contribution is 0.297. The Bertz CT molecular complexity index is 896. The summed E-state index contributed by atoms with van der Waals surface area (Å²) in [5.41, 5.74) is 4.87. The van der Waals surface area contributed by atoms with Gasteiger partial charge in [0.2, 0.25) is 0 Å². The molecule has 128 valence electrons. The molecule has 1 atom stereocenters. The minimum atomic E-state index is 0.175. The molecule has 0 bridgehead atoms. The van der Waals surface area contributed by atoms with Crippen molar-refractivity contribution in [2.75, 3.05) is 11.9 Å². The first-order valence-electron chi connectivity index (χ1n) is 8.47. The minimum Gasteiger partial charge on any atom is -0.347 e. The summed E-state index contributed by atoms with van der Waals surface area (Å²) in [6.45, 7) is 6.09. The fourth-order valence-corrected chi connectivity index (χ4v) is 4.64. The van der Waals surface area contributed by atoms with E-state index in [0.29, 0.717) is 0 Å². The largest absolute Gasteiger partial charge is 0.347 e. The second-order valence-corrected chi connectivity index (χ2v) is 7.85. The fourth-order valence-electron chi connectivity index (χ4n) is 3.49. The first-order chi connectivity index (χ1) is 12.1. The smallest absolute Gasteiger partial charge is 0.174 e. The number of rotatable bonds is 2. The van der Waals surface area contributed by atoms with Crippen LogP contribution in [-0.4, -0.2) is 21.1 Å². The van der Waals surface area contributed by atoms with Gasteiger partial charge in [0.05, 0.1) is 0 Å². The standard InChI is InChI=1S/C20H21N3S2/c1-14-7-8-16(15(2)13-14)21-20(24)23-11-10-22-9-3-5-17(22)19(23)18-6-4-12-25-18/h3-9,12-13,19H,10-11H2,1-2H3,(H,21,24)/t19-/m1/s1. The summed E-state index contributed by atoms with van der Waals surface area (Å²) in [4.78, 5) is 3.64. The van der Waals surface area contributed by atoms with Gasteiger partial charge in [-0.1, -0.05) is 23.8 Å². The van der Waals surface area contributed by atoms with Crippen LogP contribution in [0.25, 0.3) is 0 Å². The van der Waals surface area contributed by atoms with E-state index in [1.165, 1.54) is 21.7 Å². The number of nitrogens with zero attached hydrogens (tertiary/aromatic N) is 2.